The number of aromatic nitrogens is 1. The molecule has 0 saturated heterocycles. The van der Waals surface area contributed by atoms with Gasteiger partial charge in [-0.05, 0) is 25.8 Å². The molecule has 0 radical (unpaired) electrons. The van der Waals surface area contributed by atoms with E-state index in [0.29, 0.717) is 16.6 Å². The molecule has 5 heteroatoms. The zero-order valence-electron chi connectivity index (χ0n) is 11.9. The zero-order chi connectivity index (χ0) is 14.4. The summed E-state index contributed by atoms with van der Waals surface area (Å²) < 4.78 is 0. The Morgan fingerprint density at radius 1 is 1.53 bits per heavy atom. The van der Waals surface area contributed by atoms with E-state index in [2.05, 4.69) is 30.7 Å². The Kier molecular flexibility index (Phi) is 6.09. The number of pyridine rings is 1. The molecule has 0 aliphatic heterocycles. The highest BCUT2D eigenvalue weighted by Gasteiger charge is 2.19. The van der Waals surface area contributed by atoms with Gasteiger partial charge in [-0.3, -0.25) is 5.41 Å². The molecule has 0 aromatic carbocycles. The minimum Gasteiger partial charge on any atom is -0.384 e. The average Bonchev–Trinajstić information content (AvgIpc) is 2.39. The molecule has 0 fully saturated rings. The number of unbranched alkanes of at least 4 members (excludes halogenated alkanes) is 1. The summed E-state index contributed by atoms with van der Waals surface area (Å²) in [4.78, 5) is 6.59. The van der Waals surface area contributed by atoms with Crippen LogP contribution in [0.25, 0.3) is 0 Å². The van der Waals surface area contributed by atoms with Crippen molar-refractivity contribution in [3.05, 3.63) is 22.8 Å². The van der Waals surface area contributed by atoms with E-state index >= 15 is 0 Å². The second-order valence-corrected chi connectivity index (χ2v) is 5.09. The summed E-state index contributed by atoms with van der Waals surface area (Å²) in [6.45, 7) is 7.38. The Balaban J connectivity index is 3.14. The molecule has 1 aromatic rings. The van der Waals surface area contributed by atoms with Crippen molar-refractivity contribution in [2.45, 2.75) is 46.1 Å². The number of hydrogen-bond acceptors (Lipinski definition) is 3. The smallest absolute Gasteiger partial charge is 0.148 e. The van der Waals surface area contributed by atoms with Crippen molar-refractivity contribution in [2.75, 3.05) is 11.4 Å². The lowest BCUT2D eigenvalue weighted by molar-refractivity contribution is 0.590. The number of nitrogens with zero attached hydrogens (tertiary/aromatic N) is 2. The highest BCUT2D eigenvalue weighted by Crippen LogP contribution is 2.28. The third-order valence-corrected chi connectivity index (χ3v) is 3.68. The van der Waals surface area contributed by atoms with Gasteiger partial charge < -0.3 is 10.6 Å². The average molecular weight is 283 g/mol. The first kappa shape index (κ1) is 15.8. The fraction of sp³-hybridized carbons (Fsp3) is 0.571. The topological polar surface area (TPSA) is 66.0 Å². The summed E-state index contributed by atoms with van der Waals surface area (Å²) >= 11 is 6.35. The quantitative estimate of drug-likeness (QED) is 0.595. The fourth-order valence-electron chi connectivity index (χ4n) is 1.92. The predicted octanol–water partition coefficient (Wildman–Crippen LogP) is 3.42. The molecular formula is C14H23ClN4. The molecule has 0 spiro atoms. The van der Waals surface area contributed by atoms with E-state index in [4.69, 9.17) is 22.7 Å². The molecule has 1 aromatic heterocycles. The van der Waals surface area contributed by atoms with Crippen molar-refractivity contribution < 1.29 is 0 Å². The lowest BCUT2D eigenvalue weighted by atomic mass is 10.1. The standard InChI is InChI=1S/C14H23ClN4/c1-4-6-9-19(10(3)5-2)14-12(15)11(13(16)17)7-8-18-14/h7-8,10H,4-6,9H2,1-3H3,(H3,16,17). The number of halogens is 1. The maximum absolute atomic E-state index is 7.55. The number of hydrogen-bond donors (Lipinski definition) is 2. The van der Waals surface area contributed by atoms with Crippen molar-refractivity contribution in [3.8, 4) is 0 Å². The number of nitrogens with one attached hydrogen (secondary N) is 1. The molecule has 1 atom stereocenters. The van der Waals surface area contributed by atoms with Gasteiger partial charge in [0.05, 0.1) is 5.02 Å². The van der Waals surface area contributed by atoms with Gasteiger partial charge in [0.15, 0.2) is 0 Å². The number of nitrogens with two attached hydrogens (primary N) is 1. The van der Waals surface area contributed by atoms with Gasteiger partial charge in [0, 0.05) is 24.3 Å². The Morgan fingerprint density at radius 3 is 2.74 bits per heavy atom. The molecule has 3 N–H and O–H groups in total. The van der Waals surface area contributed by atoms with E-state index in [1.165, 1.54) is 0 Å². The van der Waals surface area contributed by atoms with Crippen LogP contribution in [0.1, 0.15) is 45.6 Å². The molecule has 0 amide bonds. The van der Waals surface area contributed by atoms with Crippen LogP contribution in [0.15, 0.2) is 12.3 Å². The van der Waals surface area contributed by atoms with Gasteiger partial charge in [-0.1, -0.05) is 31.9 Å². The lowest BCUT2D eigenvalue weighted by Gasteiger charge is -2.30. The number of amidine groups is 1. The SMILES string of the molecule is CCCCN(c1nccc(C(=N)N)c1Cl)C(C)CC. The Morgan fingerprint density at radius 2 is 2.21 bits per heavy atom. The lowest BCUT2D eigenvalue weighted by Crippen LogP contribution is -2.34. The minimum absolute atomic E-state index is 0.0201. The summed E-state index contributed by atoms with van der Waals surface area (Å²) in [5.41, 5.74) is 6.10. The first-order valence-electron chi connectivity index (χ1n) is 6.78. The Hall–Kier alpha value is -1.29. The number of anilines is 1. The van der Waals surface area contributed by atoms with Crippen LogP contribution in [-0.4, -0.2) is 23.4 Å². The van der Waals surface area contributed by atoms with Crippen LogP contribution >= 0.6 is 11.6 Å². The van der Waals surface area contributed by atoms with Gasteiger partial charge in [-0.25, -0.2) is 4.98 Å². The van der Waals surface area contributed by atoms with Gasteiger partial charge >= 0.3 is 0 Å². The maximum Gasteiger partial charge on any atom is 0.148 e. The van der Waals surface area contributed by atoms with E-state index in [1.54, 1.807) is 12.3 Å². The van der Waals surface area contributed by atoms with Crippen molar-refractivity contribution in [2.24, 2.45) is 5.73 Å². The molecule has 106 valence electrons. The van der Waals surface area contributed by atoms with Crippen LogP contribution in [-0.2, 0) is 0 Å². The van der Waals surface area contributed by atoms with E-state index in [1.807, 2.05) is 0 Å². The van der Waals surface area contributed by atoms with Crippen molar-refractivity contribution in [1.82, 2.24) is 4.98 Å². The molecule has 1 heterocycles. The second kappa shape index (κ2) is 7.34. The molecule has 1 unspecified atom stereocenters. The second-order valence-electron chi connectivity index (χ2n) is 4.71. The van der Waals surface area contributed by atoms with Gasteiger partial charge in [0.2, 0.25) is 0 Å². The van der Waals surface area contributed by atoms with Crippen LogP contribution in [0.2, 0.25) is 5.02 Å². The highest BCUT2D eigenvalue weighted by atomic mass is 35.5. The van der Waals surface area contributed by atoms with E-state index in [9.17, 15) is 0 Å². The Bertz CT molecular complexity index is 433. The summed E-state index contributed by atoms with van der Waals surface area (Å²) in [6.07, 6.45) is 4.90. The van der Waals surface area contributed by atoms with Gasteiger partial charge in [-0.2, -0.15) is 0 Å². The summed E-state index contributed by atoms with van der Waals surface area (Å²) in [5.74, 6) is 0.713. The van der Waals surface area contributed by atoms with Crippen molar-refractivity contribution in [3.63, 3.8) is 0 Å². The van der Waals surface area contributed by atoms with Crippen molar-refractivity contribution >= 4 is 23.3 Å². The molecule has 0 saturated carbocycles. The fourth-order valence-corrected chi connectivity index (χ4v) is 2.25. The molecule has 0 aliphatic carbocycles. The van der Waals surface area contributed by atoms with E-state index in [-0.39, 0.29) is 5.84 Å². The minimum atomic E-state index is -0.0201. The van der Waals surface area contributed by atoms with Gasteiger partial charge in [0.1, 0.15) is 11.7 Å². The molecule has 19 heavy (non-hydrogen) atoms. The van der Waals surface area contributed by atoms with Crippen LogP contribution in [0.3, 0.4) is 0 Å². The van der Waals surface area contributed by atoms with Crippen LogP contribution < -0.4 is 10.6 Å². The first-order valence-corrected chi connectivity index (χ1v) is 7.16. The normalized spacial score (nSPS) is 12.2. The van der Waals surface area contributed by atoms with Gasteiger partial charge in [-0.15, -0.1) is 0 Å². The van der Waals surface area contributed by atoms with Crippen LogP contribution in [0.4, 0.5) is 5.82 Å². The molecule has 4 nitrogen and oxygen atoms in total. The zero-order valence-corrected chi connectivity index (χ0v) is 12.7. The summed E-state index contributed by atoms with van der Waals surface area (Å²) in [5, 5.41) is 8.03. The summed E-state index contributed by atoms with van der Waals surface area (Å²) in [7, 11) is 0. The maximum atomic E-state index is 7.55. The van der Waals surface area contributed by atoms with Crippen LogP contribution in [0.5, 0.6) is 0 Å². The Labute approximate surface area is 120 Å². The van der Waals surface area contributed by atoms with E-state index in [0.717, 1.165) is 31.6 Å². The molecule has 1 rings (SSSR count). The van der Waals surface area contributed by atoms with Crippen LogP contribution in [0, 0.1) is 5.41 Å². The van der Waals surface area contributed by atoms with Gasteiger partial charge in [0.25, 0.3) is 0 Å². The number of rotatable bonds is 7. The molecule has 0 aliphatic rings. The number of nitrogen functional groups attached to an aromatic ring is 1. The monoisotopic (exact) mass is 282 g/mol. The predicted molar refractivity (Wildman–Crippen MR) is 82.3 cm³/mol. The van der Waals surface area contributed by atoms with Crippen molar-refractivity contribution in [1.29, 1.82) is 5.41 Å². The summed E-state index contributed by atoms with van der Waals surface area (Å²) in [6, 6.07) is 2.04. The third-order valence-electron chi connectivity index (χ3n) is 3.31. The molecular weight excluding hydrogens is 260 g/mol. The highest BCUT2D eigenvalue weighted by molar-refractivity contribution is 6.36. The first-order chi connectivity index (χ1) is 9.02. The van der Waals surface area contributed by atoms with E-state index < -0.39 is 0 Å². The third kappa shape index (κ3) is 3.83. The largest absolute Gasteiger partial charge is 0.384 e. The molecule has 0 bridgehead atoms.